The molecule has 0 N–H and O–H groups in total. The van der Waals surface area contributed by atoms with Gasteiger partial charge in [-0.05, 0) is 45.0 Å². The Morgan fingerprint density at radius 2 is 1.81 bits per heavy atom. The van der Waals surface area contributed by atoms with E-state index in [-0.39, 0.29) is 5.97 Å². The van der Waals surface area contributed by atoms with E-state index < -0.39 is 0 Å². The zero-order valence-electron chi connectivity index (χ0n) is 15.8. The molecule has 1 aliphatic heterocycles. The standard InChI is InChI=1S/C20H27N3O3/c1-15-19(16(2)26-21-15)14-23-10-6-9-22(11-12-23)13-17-7-4-5-8-18(17)20(24)25-3/h4-5,7-8H,6,9-14H2,1-3H3. The van der Waals surface area contributed by atoms with E-state index in [2.05, 4.69) is 15.0 Å². The molecule has 26 heavy (non-hydrogen) atoms. The summed E-state index contributed by atoms with van der Waals surface area (Å²) >= 11 is 0. The van der Waals surface area contributed by atoms with Gasteiger partial charge in [-0.15, -0.1) is 0 Å². The van der Waals surface area contributed by atoms with Gasteiger partial charge in [0.2, 0.25) is 0 Å². The molecule has 0 unspecified atom stereocenters. The highest BCUT2D eigenvalue weighted by atomic mass is 16.5. The Labute approximate surface area is 154 Å². The highest BCUT2D eigenvalue weighted by molar-refractivity contribution is 5.90. The molecule has 6 nitrogen and oxygen atoms in total. The number of hydrogen-bond donors (Lipinski definition) is 0. The number of benzene rings is 1. The monoisotopic (exact) mass is 357 g/mol. The molecule has 0 spiro atoms. The maximum Gasteiger partial charge on any atom is 0.338 e. The summed E-state index contributed by atoms with van der Waals surface area (Å²) in [5.41, 5.74) is 3.87. The lowest BCUT2D eigenvalue weighted by atomic mass is 10.1. The van der Waals surface area contributed by atoms with Crippen molar-refractivity contribution < 1.29 is 14.1 Å². The van der Waals surface area contributed by atoms with E-state index in [0.717, 1.165) is 62.7 Å². The van der Waals surface area contributed by atoms with Gasteiger partial charge in [0.25, 0.3) is 0 Å². The number of carbonyl (C=O) groups excluding carboxylic acids is 1. The average Bonchev–Trinajstić information content (AvgIpc) is 2.84. The van der Waals surface area contributed by atoms with E-state index in [9.17, 15) is 4.79 Å². The van der Waals surface area contributed by atoms with Crippen LogP contribution in [0.1, 0.15) is 39.4 Å². The van der Waals surface area contributed by atoms with Crippen LogP contribution in [0.25, 0.3) is 0 Å². The second-order valence-corrected chi connectivity index (χ2v) is 6.86. The lowest BCUT2D eigenvalue weighted by Crippen LogP contribution is -2.31. The van der Waals surface area contributed by atoms with Gasteiger partial charge < -0.3 is 9.26 Å². The predicted molar refractivity (Wildman–Crippen MR) is 98.9 cm³/mol. The van der Waals surface area contributed by atoms with Gasteiger partial charge in [-0.25, -0.2) is 4.79 Å². The molecule has 1 aliphatic rings. The van der Waals surface area contributed by atoms with Crippen molar-refractivity contribution >= 4 is 5.97 Å². The molecule has 1 saturated heterocycles. The van der Waals surface area contributed by atoms with Crippen LogP contribution in [0.3, 0.4) is 0 Å². The maximum atomic E-state index is 12.0. The second kappa shape index (κ2) is 8.47. The molecule has 2 heterocycles. The zero-order valence-corrected chi connectivity index (χ0v) is 15.8. The van der Waals surface area contributed by atoms with Crippen LogP contribution < -0.4 is 0 Å². The molecule has 3 rings (SSSR count). The Kier molecular flexibility index (Phi) is 6.06. The van der Waals surface area contributed by atoms with Gasteiger partial charge in [0.15, 0.2) is 0 Å². The molecule has 1 aromatic carbocycles. The summed E-state index contributed by atoms with van der Waals surface area (Å²) in [5.74, 6) is 0.645. The predicted octanol–water partition coefficient (Wildman–Crippen LogP) is 2.79. The lowest BCUT2D eigenvalue weighted by Gasteiger charge is -2.22. The molecule has 0 radical (unpaired) electrons. The molecular weight excluding hydrogens is 330 g/mol. The Morgan fingerprint density at radius 1 is 1.12 bits per heavy atom. The SMILES string of the molecule is COC(=O)c1ccccc1CN1CCCN(Cc2c(C)noc2C)CC1. The first kappa shape index (κ1) is 18.6. The van der Waals surface area contributed by atoms with Crippen LogP contribution in [0.5, 0.6) is 0 Å². The molecule has 2 aromatic rings. The number of rotatable bonds is 5. The number of nitrogens with zero attached hydrogens (tertiary/aromatic N) is 3. The molecule has 6 heteroatoms. The third kappa shape index (κ3) is 4.31. The largest absolute Gasteiger partial charge is 0.465 e. The zero-order chi connectivity index (χ0) is 18.5. The van der Waals surface area contributed by atoms with Gasteiger partial charge in [-0.3, -0.25) is 9.80 Å². The normalized spacial score (nSPS) is 16.4. The van der Waals surface area contributed by atoms with Gasteiger partial charge in [0.05, 0.1) is 18.4 Å². The third-order valence-electron chi connectivity index (χ3n) is 5.06. The minimum Gasteiger partial charge on any atom is -0.465 e. The van der Waals surface area contributed by atoms with E-state index >= 15 is 0 Å². The summed E-state index contributed by atoms with van der Waals surface area (Å²) in [5, 5.41) is 4.05. The van der Waals surface area contributed by atoms with Crippen molar-refractivity contribution in [2.24, 2.45) is 0 Å². The smallest absolute Gasteiger partial charge is 0.338 e. The van der Waals surface area contributed by atoms with E-state index in [4.69, 9.17) is 9.26 Å². The lowest BCUT2D eigenvalue weighted by molar-refractivity contribution is 0.0598. The Bertz CT molecular complexity index is 737. The van der Waals surface area contributed by atoms with Crippen LogP contribution in [0.2, 0.25) is 0 Å². The number of ether oxygens (including phenoxy) is 1. The van der Waals surface area contributed by atoms with Crippen LogP contribution in [0, 0.1) is 13.8 Å². The minimum atomic E-state index is -0.268. The Morgan fingerprint density at radius 3 is 2.46 bits per heavy atom. The van der Waals surface area contributed by atoms with E-state index in [0.29, 0.717) is 5.56 Å². The van der Waals surface area contributed by atoms with Gasteiger partial charge in [-0.1, -0.05) is 23.4 Å². The van der Waals surface area contributed by atoms with Gasteiger partial charge in [0, 0.05) is 31.7 Å². The molecule has 0 aliphatic carbocycles. The van der Waals surface area contributed by atoms with Gasteiger partial charge >= 0.3 is 5.97 Å². The summed E-state index contributed by atoms with van der Waals surface area (Å²) in [6.07, 6.45) is 1.10. The van der Waals surface area contributed by atoms with Crippen LogP contribution >= 0.6 is 0 Å². The van der Waals surface area contributed by atoms with E-state index in [1.54, 1.807) is 0 Å². The van der Waals surface area contributed by atoms with E-state index in [1.807, 2.05) is 38.1 Å². The molecule has 0 saturated carbocycles. The average molecular weight is 357 g/mol. The number of hydrogen-bond acceptors (Lipinski definition) is 6. The van der Waals surface area contributed by atoms with Crippen molar-refractivity contribution in [2.45, 2.75) is 33.4 Å². The molecule has 140 valence electrons. The van der Waals surface area contributed by atoms with Gasteiger partial charge in [0.1, 0.15) is 5.76 Å². The number of carbonyl (C=O) groups is 1. The summed E-state index contributed by atoms with van der Waals surface area (Å²) in [4.78, 5) is 16.8. The summed E-state index contributed by atoms with van der Waals surface area (Å²) in [7, 11) is 1.43. The molecule has 1 fully saturated rings. The van der Waals surface area contributed by atoms with Crippen molar-refractivity contribution in [2.75, 3.05) is 33.3 Å². The van der Waals surface area contributed by atoms with Crippen molar-refractivity contribution in [3.8, 4) is 0 Å². The Hall–Kier alpha value is -2.18. The molecule has 0 atom stereocenters. The third-order valence-corrected chi connectivity index (χ3v) is 5.06. The van der Waals surface area contributed by atoms with Crippen molar-refractivity contribution in [3.63, 3.8) is 0 Å². The summed E-state index contributed by atoms with van der Waals surface area (Å²) in [6, 6.07) is 7.70. The fourth-order valence-electron chi connectivity index (χ4n) is 3.50. The Balaban J connectivity index is 1.62. The van der Waals surface area contributed by atoms with E-state index in [1.165, 1.54) is 12.7 Å². The number of esters is 1. The fraction of sp³-hybridized carbons (Fsp3) is 0.500. The minimum absolute atomic E-state index is 0.268. The maximum absolute atomic E-state index is 12.0. The number of aromatic nitrogens is 1. The molecule has 0 amide bonds. The fourth-order valence-corrected chi connectivity index (χ4v) is 3.50. The number of methoxy groups -OCH3 is 1. The first-order chi connectivity index (χ1) is 12.6. The summed E-state index contributed by atoms with van der Waals surface area (Å²) < 4.78 is 10.2. The molecular formula is C20H27N3O3. The quantitative estimate of drug-likeness (QED) is 0.767. The summed E-state index contributed by atoms with van der Waals surface area (Å²) in [6.45, 7) is 9.66. The number of aryl methyl sites for hydroxylation is 2. The highest BCUT2D eigenvalue weighted by Crippen LogP contribution is 2.18. The van der Waals surface area contributed by atoms with Gasteiger partial charge in [-0.2, -0.15) is 0 Å². The van der Waals surface area contributed by atoms with Crippen molar-refractivity contribution in [3.05, 3.63) is 52.4 Å². The van der Waals surface area contributed by atoms with Crippen molar-refractivity contribution in [1.29, 1.82) is 0 Å². The van der Waals surface area contributed by atoms with Crippen LogP contribution in [-0.4, -0.2) is 54.2 Å². The first-order valence-corrected chi connectivity index (χ1v) is 9.11. The highest BCUT2D eigenvalue weighted by Gasteiger charge is 2.20. The topological polar surface area (TPSA) is 58.8 Å². The molecule has 0 bridgehead atoms. The van der Waals surface area contributed by atoms with Crippen molar-refractivity contribution in [1.82, 2.24) is 15.0 Å². The van der Waals surface area contributed by atoms with Crippen LogP contribution in [0.4, 0.5) is 0 Å². The first-order valence-electron chi connectivity index (χ1n) is 9.11. The van der Waals surface area contributed by atoms with Crippen LogP contribution in [-0.2, 0) is 17.8 Å². The second-order valence-electron chi connectivity index (χ2n) is 6.86. The molecule has 1 aromatic heterocycles. The van der Waals surface area contributed by atoms with Crippen LogP contribution in [0.15, 0.2) is 28.8 Å².